The zero-order valence-corrected chi connectivity index (χ0v) is 12.9. The van der Waals surface area contributed by atoms with Crippen LogP contribution in [0.3, 0.4) is 0 Å². The van der Waals surface area contributed by atoms with Gasteiger partial charge in [-0.15, -0.1) is 0 Å². The van der Waals surface area contributed by atoms with Gasteiger partial charge >= 0.3 is 0 Å². The lowest BCUT2D eigenvalue weighted by atomic mass is 13.0. The molecule has 1 aliphatic rings. The van der Waals surface area contributed by atoms with E-state index in [-0.39, 0.29) is 0 Å². The summed E-state index contributed by atoms with van der Waals surface area (Å²) < 4.78 is 0. The van der Waals surface area contributed by atoms with Gasteiger partial charge in [-0.25, -0.2) is 0 Å². The van der Waals surface area contributed by atoms with Gasteiger partial charge in [-0.05, 0) is 0 Å². The number of hydrogen-bond donors (Lipinski definition) is 15. The van der Waals surface area contributed by atoms with Gasteiger partial charge < -0.3 is 0 Å². The normalized spacial score (nSPS) is 14.0. The number of hydrazine groups is 6. The third-order valence-electron chi connectivity index (χ3n) is 0.375. The Morgan fingerprint density at radius 1 is 0.333 bits per heavy atom. The van der Waals surface area contributed by atoms with Gasteiger partial charge in [-0.2, -0.15) is 0 Å². The van der Waals surface area contributed by atoms with E-state index in [2.05, 4.69) is 84.7 Å². The first-order chi connectivity index (χ1) is 9.00. The van der Waals surface area contributed by atoms with Crippen LogP contribution in [0.4, 0.5) is 0 Å². The molecule has 1 rings (SSSR count). The Kier molecular flexibility index (Phi) is 222. The predicted molar refractivity (Wildman–Crippen MR) is 84.6 cm³/mol. The highest BCUT2D eigenvalue weighted by Crippen LogP contribution is 2.23. The maximum atomic E-state index is 4.00. The fourth-order valence-corrected chi connectivity index (χ4v) is 3.38. The summed E-state index contributed by atoms with van der Waals surface area (Å²) in [5.41, 5.74) is 0. The van der Waals surface area contributed by atoms with Crippen LogP contribution >= 0.6 is 26.6 Å². The smallest absolute Gasteiger partial charge is 0.0273 e. The van der Waals surface area contributed by atoms with Crippen molar-refractivity contribution in [2.45, 2.75) is 0 Å². The van der Waals surface area contributed by atoms with E-state index >= 15 is 0 Å². The van der Waals surface area contributed by atoms with Crippen LogP contribution in [-0.2, 0) is 0 Å². The van der Waals surface area contributed by atoms with E-state index < -0.39 is 0 Å². The second kappa shape index (κ2) is 110. The zero-order chi connectivity index (χ0) is 16.2. The second-order valence-corrected chi connectivity index (χ2v) is 4.50. The third kappa shape index (κ3) is 91.8. The molecule has 0 atom stereocenters. The van der Waals surface area contributed by atoms with Crippen molar-refractivity contribution in [2.24, 2.45) is 70.1 Å². The average molecular weight is 333 g/mol. The van der Waals surface area contributed by atoms with Gasteiger partial charge in [0.1, 0.15) is 0 Å². The summed E-state index contributed by atoms with van der Waals surface area (Å²) in [6, 6.07) is 0. The molecule has 18 heteroatoms. The van der Waals surface area contributed by atoms with Crippen molar-refractivity contribution in [3.8, 4) is 0 Å². The summed E-state index contributed by atoms with van der Waals surface area (Å²) in [5, 5.41) is 0. The number of rotatable bonds is 0. The first-order valence-corrected chi connectivity index (χ1v) is 6.50. The Hall–Kier alpha value is 0.690. The molecule has 120 valence electrons. The van der Waals surface area contributed by atoms with Gasteiger partial charge in [0.05, 0.1) is 0 Å². The molecule has 0 bridgehead atoms. The maximum Gasteiger partial charge on any atom is 0.0273 e. The summed E-state index contributed by atoms with van der Waals surface area (Å²) in [5.74, 6) is 48.0. The van der Waals surface area contributed by atoms with E-state index in [9.17, 15) is 0 Å². The second-order valence-electron chi connectivity index (χ2n) is 0.750. The van der Waals surface area contributed by atoms with Gasteiger partial charge in [0.2, 0.25) is 0 Å². The average Bonchev–Trinajstić information content (AvgIpc) is 2.60. The lowest BCUT2D eigenvalue weighted by molar-refractivity contribution is 1.26. The van der Waals surface area contributed by atoms with Crippen LogP contribution in [0.15, 0.2) is 0 Å². The molecule has 0 aromatic rings. The molecule has 0 aromatic heterocycles. The molecular formula is H30N15P3. The quantitative estimate of drug-likeness (QED) is 0.111. The van der Waals surface area contributed by atoms with Crippen LogP contribution in [0.25, 0.3) is 0 Å². The molecule has 0 radical (unpaired) electrons. The molecule has 27 N–H and O–H groups in total. The van der Waals surface area contributed by atoms with E-state index in [1.165, 1.54) is 0 Å². The first kappa shape index (κ1) is 36.3. The third-order valence-corrected chi connectivity index (χ3v) is 3.38. The van der Waals surface area contributed by atoms with Crippen molar-refractivity contribution in [1.82, 2.24) is 14.6 Å². The van der Waals surface area contributed by atoms with Crippen molar-refractivity contribution in [2.75, 3.05) is 0 Å². The van der Waals surface area contributed by atoms with Crippen LogP contribution in [0.1, 0.15) is 0 Å². The number of nitrogens with one attached hydrogen (secondary N) is 3. The van der Waals surface area contributed by atoms with Crippen LogP contribution in [-0.4, -0.2) is 0 Å². The minimum absolute atomic E-state index is 0.764. The van der Waals surface area contributed by atoms with Gasteiger partial charge in [0.25, 0.3) is 0 Å². The summed E-state index contributed by atoms with van der Waals surface area (Å²) in [6.07, 6.45) is 0. The fourth-order valence-electron chi connectivity index (χ4n) is 0.188. The van der Waals surface area contributed by atoms with E-state index in [4.69, 9.17) is 0 Å². The Labute approximate surface area is 112 Å². The summed E-state index contributed by atoms with van der Waals surface area (Å²) in [7, 11) is 2.29. The Bertz CT molecular complexity index is 27.2. The van der Waals surface area contributed by atoms with Gasteiger partial charge in [0.15, 0.2) is 0 Å². The molecule has 18 heavy (non-hydrogen) atoms. The van der Waals surface area contributed by atoms with Crippen LogP contribution in [0, 0.1) is 0 Å². The molecule has 0 spiro atoms. The lowest BCUT2D eigenvalue weighted by Gasteiger charge is -2.12. The molecule has 0 aliphatic carbocycles. The van der Waals surface area contributed by atoms with Crippen molar-refractivity contribution in [3.63, 3.8) is 0 Å². The Balaban J connectivity index is -0.0000000262. The molecule has 1 saturated heterocycles. The molecule has 0 saturated carbocycles. The lowest BCUT2D eigenvalue weighted by Crippen LogP contribution is -2.07. The molecule has 0 unspecified atom stereocenters. The largest absolute Gasteiger partial charge is 0.274 e. The molecule has 1 aliphatic heterocycles. The molecular weight excluding hydrogens is 303 g/mol. The van der Waals surface area contributed by atoms with Gasteiger partial charge in [-0.3, -0.25) is 84.7 Å². The summed E-state index contributed by atoms with van der Waals surface area (Å²) in [4.78, 5) is 9.38. The standard InChI is InChI=1S/H6N3P3.6H4N2/c1-4-2-6-3-5-1;6*1-2/h1-6H;6*1-2H2. The van der Waals surface area contributed by atoms with E-state index in [1.54, 1.807) is 0 Å². The fraction of sp³-hybridized carbons (Fsp3) is 0. The minimum Gasteiger partial charge on any atom is -0.274 e. The van der Waals surface area contributed by atoms with E-state index in [0.29, 0.717) is 0 Å². The van der Waals surface area contributed by atoms with Crippen molar-refractivity contribution in [1.29, 1.82) is 0 Å². The highest BCUT2D eigenvalue weighted by atomic mass is 31.2. The zero-order valence-electron chi connectivity index (χ0n) is 9.93. The highest BCUT2D eigenvalue weighted by Gasteiger charge is 1.89. The molecule has 1 fully saturated rings. The number of nitrogens with two attached hydrogens (primary N) is 12. The molecule has 1 heterocycles. The first-order valence-electron chi connectivity index (χ1n) is 3.50. The van der Waals surface area contributed by atoms with Crippen molar-refractivity contribution in [3.05, 3.63) is 0 Å². The van der Waals surface area contributed by atoms with Gasteiger partial charge in [-0.1, -0.05) is 0 Å². The molecule has 0 aromatic carbocycles. The van der Waals surface area contributed by atoms with Gasteiger partial charge in [0, 0.05) is 26.6 Å². The van der Waals surface area contributed by atoms with Crippen LogP contribution in [0.5, 0.6) is 0 Å². The predicted octanol–water partition coefficient (Wildman–Crippen LogP) is -6.79. The van der Waals surface area contributed by atoms with Crippen LogP contribution in [0.2, 0.25) is 0 Å². The summed E-state index contributed by atoms with van der Waals surface area (Å²) in [6.45, 7) is 0. The Morgan fingerprint density at radius 3 is 0.500 bits per heavy atom. The van der Waals surface area contributed by atoms with E-state index in [1.807, 2.05) is 0 Å². The maximum absolute atomic E-state index is 4.00. The minimum atomic E-state index is 0.764. The summed E-state index contributed by atoms with van der Waals surface area (Å²) >= 11 is 0. The SMILES string of the molecule is N1PNPNP1.NN.NN.NN.NN.NN.NN. The van der Waals surface area contributed by atoms with E-state index in [0.717, 1.165) is 26.6 Å². The Morgan fingerprint density at radius 2 is 0.444 bits per heavy atom. The van der Waals surface area contributed by atoms with Crippen molar-refractivity contribution >= 4 is 26.6 Å². The highest BCUT2D eigenvalue weighted by molar-refractivity contribution is 7.65. The monoisotopic (exact) mass is 333 g/mol. The van der Waals surface area contributed by atoms with Crippen molar-refractivity contribution < 1.29 is 0 Å². The molecule has 0 amide bonds. The van der Waals surface area contributed by atoms with Crippen LogP contribution < -0.4 is 84.7 Å². The number of hydrogen-bond acceptors (Lipinski definition) is 15. The topological polar surface area (TPSA) is 348 Å². The molecule has 15 nitrogen and oxygen atoms in total.